The lowest BCUT2D eigenvalue weighted by molar-refractivity contribution is -0.125. The molecule has 2 aromatic rings. The van der Waals surface area contributed by atoms with E-state index in [0.29, 0.717) is 5.88 Å². The number of carbonyl (C=O) groups is 2. The van der Waals surface area contributed by atoms with Gasteiger partial charge in [-0.15, -0.1) is 0 Å². The van der Waals surface area contributed by atoms with Gasteiger partial charge in [0.15, 0.2) is 0 Å². The van der Waals surface area contributed by atoms with Crippen molar-refractivity contribution in [3.05, 3.63) is 53.2 Å². The predicted octanol–water partition coefficient (Wildman–Crippen LogP) is 2.37. The summed E-state index contributed by atoms with van der Waals surface area (Å²) in [5, 5.41) is 2.74. The third-order valence-corrected chi connectivity index (χ3v) is 3.53. The highest BCUT2D eigenvalue weighted by Crippen LogP contribution is 2.29. The molecular formula is C18H21N3O3. The molecule has 1 heterocycles. The Morgan fingerprint density at radius 1 is 1.12 bits per heavy atom. The largest absolute Gasteiger partial charge is 0.438 e. The van der Waals surface area contributed by atoms with Crippen LogP contribution in [0.5, 0.6) is 11.6 Å². The molecule has 3 N–H and O–H groups in total. The Morgan fingerprint density at radius 2 is 1.83 bits per heavy atom. The molecule has 6 heteroatoms. The van der Waals surface area contributed by atoms with Gasteiger partial charge in [-0.25, -0.2) is 4.98 Å². The van der Waals surface area contributed by atoms with Crippen LogP contribution in [0.25, 0.3) is 0 Å². The molecule has 0 aliphatic heterocycles. The van der Waals surface area contributed by atoms with E-state index in [1.807, 2.05) is 38.1 Å². The van der Waals surface area contributed by atoms with Crippen LogP contribution in [0.4, 0.5) is 0 Å². The van der Waals surface area contributed by atoms with Crippen molar-refractivity contribution in [2.24, 2.45) is 5.73 Å². The zero-order valence-corrected chi connectivity index (χ0v) is 13.8. The lowest BCUT2D eigenvalue weighted by Gasteiger charge is -2.14. The van der Waals surface area contributed by atoms with E-state index in [2.05, 4.69) is 10.3 Å². The minimum absolute atomic E-state index is 0.0324. The van der Waals surface area contributed by atoms with E-state index in [-0.39, 0.29) is 25.3 Å². The molecule has 0 atom stereocenters. The quantitative estimate of drug-likeness (QED) is 0.816. The molecule has 0 aliphatic rings. The molecule has 0 bridgehead atoms. The SMILES string of the molecule is Cc1cccc(C)c1Oc1ncccc1CNC(=O)CCC(N)=O. The zero-order valence-electron chi connectivity index (χ0n) is 13.8. The highest BCUT2D eigenvalue weighted by Gasteiger charge is 2.11. The summed E-state index contributed by atoms with van der Waals surface area (Å²) in [6.07, 6.45) is 1.74. The van der Waals surface area contributed by atoms with Crippen LogP contribution >= 0.6 is 0 Å². The molecule has 0 saturated heterocycles. The first-order valence-electron chi connectivity index (χ1n) is 7.70. The highest BCUT2D eigenvalue weighted by molar-refractivity contribution is 5.82. The number of nitrogens with zero attached hydrogens (tertiary/aromatic N) is 1. The first-order chi connectivity index (χ1) is 11.5. The number of aryl methyl sites for hydroxylation is 2. The number of benzene rings is 1. The number of aromatic nitrogens is 1. The number of amides is 2. The van der Waals surface area contributed by atoms with Crippen LogP contribution in [-0.4, -0.2) is 16.8 Å². The van der Waals surface area contributed by atoms with Gasteiger partial charge in [0.05, 0.1) is 0 Å². The third-order valence-electron chi connectivity index (χ3n) is 3.53. The molecule has 2 amide bonds. The Hall–Kier alpha value is -2.89. The molecule has 0 unspecified atom stereocenters. The normalized spacial score (nSPS) is 10.2. The molecule has 6 nitrogen and oxygen atoms in total. The summed E-state index contributed by atoms with van der Waals surface area (Å²) >= 11 is 0. The second-order valence-corrected chi connectivity index (χ2v) is 5.53. The minimum atomic E-state index is -0.495. The molecule has 24 heavy (non-hydrogen) atoms. The first kappa shape index (κ1) is 17.5. The number of para-hydroxylation sites is 1. The number of nitrogens with two attached hydrogens (primary N) is 1. The third kappa shape index (κ3) is 4.81. The van der Waals surface area contributed by atoms with Crippen LogP contribution in [0, 0.1) is 13.8 Å². The van der Waals surface area contributed by atoms with Crippen LogP contribution in [0.15, 0.2) is 36.5 Å². The van der Waals surface area contributed by atoms with Crippen molar-refractivity contribution in [1.82, 2.24) is 10.3 Å². The van der Waals surface area contributed by atoms with Gasteiger partial charge in [0.1, 0.15) is 5.75 Å². The van der Waals surface area contributed by atoms with Crippen LogP contribution in [-0.2, 0) is 16.1 Å². The number of hydrogen-bond acceptors (Lipinski definition) is 4. The molecule has 1 aromatic carbocycles. The summed E-state index contributed by atoms with van der Waals surface area (Å²) in [6, 6.07) is 9.52. The maximum Gasteiger partial charge on any atom is 0.224 e. The van der Waals surface area contributed by atoms with Crippen molar-refractivity contribution in [3.8, 4) is 11.6 Å². The van der Waals surface area contributed by atoms with E-state index in [0.717, 1.165) is 22.4 Å². The number of carbonyl (C=O) groups excluding carboxylic acids is 2. The fraction of sp³-hybridized carbons (Fsp3) is 0.278. The van der Waals surface area contributed by atoms with E-state index >= 15 is 0 Å². The maximum atomic E-state index is 11.7. The number of nitrogens with one attached hydrogen (secondary N) is 1. The number of ether oxygens (including phenoxy) is 1. The summed E-state index contributed by atoms with van der Waals surface area (Å²) in [4.78, 5) is 26.7. The van der Waals surface area contributed by atoms with Crippen molar-refractivity contribution in [3.63, 3.8) is 0 Å². The van der Waals surface area contributed by atoms with Gasteiger partial charge in [-0.3, -0.25) is 9.59 Å². The first-order valence-corrected chi connectivity index (χ1v) is 7.70. The van der Waals surface area contributed by atoms with E-state index in [1.54, 1.807) is 12.3 Å². The van der Waals surface area contributed by atoms with Crippen LogP contribution < -0.4 is 15.8 Å². The van der Waals surface area contributed by atoms with E-state index < -0.39 is 5.91 Å². The highest BCUT2D eigenvalue weighted by atomic mass is 16.5. The van der Waals surface area contributed by atoms with Crippen molar-refractivity contribution in [2.45, 2.75) is 33.2 Å². The molecule has 0 saturated carbocycles. The van der Waals surface area contributed by atoms with Gasteiger partial charge in [-0.05, 0) is 31.0 Å². The standard InChI is InChI=1S/C18H21N3O3/c1-12-5-3-6-13(2)17(12)24-18-14(7-4-10-20-18)11-21-16(23)9-8-15(19)22/h3-7,10H,8-9,11H2,1-2H3,(H2,19,22)(H,21,23). The van der Waals surface area contributed by atoms with Crippen molar-refractivity contribution in [2.75, 3.05) is 0 Å². The van der Waals surface area contributed by atoms with Gasteiger partial charge in [0.25, 0.3) is 0 Å². The average molecular weight is 327 g/mol. The van der Waals surface area contributed by atoms with Gasteiger partial charge in [0, 0.05) is 31.1 Å². The summed E-state index contributed by atoms with van der Waals surface area (Å²) in [5.41, 5.74) is 7.82. The average Bonchev–Trinajstić information content (AvgIpc) is 2.55. The second-order valence-electron chi connectivity index (χ2n) is 5.53. The molecule has 0 spiro atoms. The van der Waals surface area contributed by atoms with Gasteiger partial charge >= 0.3 is 0 Å². The summed E-state index contributed by atoms with van der Waals surface area (Å²) in [6.45, 7) is 4.21. The Kier molecular flexibility index (Phi) is 5.89. The topological polar surface area (TPSA) is 94.3 Å². The van der Waals surface area contributed by atoms with Crippen molar-refractivity contribution < 1.29 is 14.3 Å². The van der Waals surface area contributed by atoms with E-state index in [4.69, 9.17) is 10.5 Å². The van der Waals surface area contributed by atoms with Crippen LogP contribution in [0.1, 0.15) is 29.5 Å². The second kappa shape index (κ2) is 8.10. The molecule has 1 aromatic heterocycles. The fourth-order valence-corrected chi connectivity index (χ4v) is 2.23. The number of hydrogen-bond donors (Lipinski definition) is 2. The number of pyridine rings is 1. The fourth-order valence-electron chi connectivity index (χ4n) is 2.23. The van der Waals surface area contributed by atoms with Crippen molar-refractivity contribution >= 4 is 11.8 Å². The molecule has 0 radical (unpaired) electrons. The monoisotopic (exact) mass is 327 g/mol. The lowest BCUT2D eigenvalue weighted by Crippen LogP contribution is -2.24. The molecular weight excluding hydrogens is 306 g/mol. The summed E-state index contributed by atoms with van der Waals surface area (Å²) < 4.78 is 5.97. The molecule has 2 rings (SSSR count). The lowest BCUT2D eigenvalue weighted by atomic mass is 10.1. The summed E-state index contributed by atoms with van der Waals surface area (Å²) in [5.74, 6) is 0.476. The van der Waals surface area contributed by atoms with Gasteiger partial charge in [0.2, 0.25) is 17.7 Å². The number of primary amides is 1. The predicted molar refractivity (Wildman–Crippen MR) is 90.5 cm³/mol. The smallest absolute Gasteiger partial charge is 0.224 e. The molecule has 126 valence electrons. The van der Waals surface area contributed by atoms with E-state index in [1.165, 1.54) is 0 Å². The maximum absolute atomic E-state index is 11.7. The molecule has 0 aliphatic carbocycles. The van der Waals surface area contributed by atoms with Gasteiger partial charge in [-0.1, -0.05) is 24.3 Å². The van der Waals surface area contributed by atoms with Crippen molar-refractivity contribution in [1.29, 1.82) is 0 Å². The Labute approximate surface area is 141 Å². The van der Waals surface area contributed by atoms with Gasteiger partial charge < -0.3 is 15.8 Å². The summed E-state index contributed by atoms with van der Waals surface area (Å²) in [7, 11) is 0. The number of rotatable bonds is 7. The minimum Gasteiger partial charge on any atom is -0.438 e. The Balaban J connectivity index is 2.08. The molecule has 0 fully saturated rings. The zero-order chi connectivity index (χ0) is 17.5. The Bertz CT molecular complexity index is 724. The van der Waals surface area contributed by atoms with Gasteiger partial charge in [-0.2, -0.15) is 0 Å². The Morgan fingerprint density at radius 3 is 2.50 bits per heavy atom. The van der Waals surface area contributed by atoms with Crippen LogP contribution in [0.3, 0.4) is 0 Å². The van der Waals surface area contributed by atoms with E-state index in [9.17, 15) is 9.59 Å². The van der Waals surface area contributed by atoms with Crippen LogP contribution in [0.2, 0.25) is 0 Å².